The number of nitrogens with zero attached hydrogens (tertiary/aromatic N) is 7. The van der Waals surface area contributed by atoms with E-state index in [-0.39, 0.29) is 22.8 Å². The summed E-state index contributed by atoms with van der Waals surface area (Å²) in [6, 6.07) is 3.01. The third kappa shape index (κ3) is 2.59. The van der Waals surface area contributed by atoms with Gasteiger partial charge in [0.1, 0.15) is 11.2 Å². The van der Waals surface area contributed by atoms with Crippen LogP contribution in [0.4, 0.5) is 8.78 Å². The number of hydrogen-bond acceptors (Lipinski definition) is 6. The van der Waals surface area contributed by atoms with Gasteiger partial charge in [-0.3, -0.25) is 14.6 Å². The van der Waals surface area contributed by atoms with Gasteiger partial charge in [0.25, 0.3) is 5.56 Å². The zero-order valence-corrected chi connectivity index (χ0v) is 16.1. The summed E-state index contributed by atoms with van der Waals surface area (Å²) in [7, 11) is 3.21. The van der Waals surface area contributed by atoms with Gasteiger partial charge in [-0.2, -0.15) is 24.1 Å². The highest BCUT2D eigenvalue weighted by Crippen LogP contribution is 2.41. The van der Waals surface area contributed by atoms with Gasteiger partial charge in [-0.05, 0) is 12.1 Å². The second-order valence-electron chi connectivity index (χ2n) is 6.62. The van der Waals surface area contributed by atoms with E-state index in [1.165, 1.54) is 32.4 Å². The molecule has 0 fully saturated rings. The molecule has 0 atom stereocenters. The molecule has 5 heterocycles. The minimum absolute atomic E-state index is 0.202. The second kappa shape index (κ2) is 6.04. The van der Waals surface area contributed by atoms with Crippen LogP contribution in [0.2, 0.25) is 0 Å². The standard InChI is InChI=1S/C17H14F2N8OS/c1-25-6-4-11(24-25)17(18,19)16-22-14-13(29-16)10-7-21-27(8-9-3-5-20-23-9)15(28)12(10)26(14)2/h3-7H,8H2,1-2H3,(H,20,23). The molecule has 0 spiro atoms. The minimum Gasteiger partial charge on any atom is -0.323 e. The van der Waals surface area contributed by atoms with Crippen molar-refractivity contribution in [1.29, 1.82) is 0 Å². The summed E-state index contributed by atoms with van der Waals surface area (Å²) in [4.78, 5) is 17.0. The first-order chi connectivity index (χ1) is 13.9. The lowest BCUT2D eigenvalue weighted by atomic mass is 10.2. The Morgan fingerprint density at radius 2 is 2.10 bits per heavy atom. The Kier molecular flexibility index (Phi) is 3.68. The molecule has 0 aromatic carbocycles. The summed E-state index contributed by atoms with van der Waals surface area (Å²) >= 11 is 0.842. The van der Waals surface area contributed by atoms with Crippen molar-refractivity contribution in [2.75, 3.05) is 0 Å². The Hall–Kier alpha value is -3.41. The molecule has 1 N–H and O–H groups in total. The number of hydrogen-bond donors (Lipinski definition) is 1. The molecular formula is C17H14F2N8OS. The average molecular weight is 416 g/mol. The van der Waals surface area contributed by atoms with Crippen molar-refractivity contribution in [1.82, 2.24) is 39.3 Å². The fourth-order valence-corrected chi connectivity index (χ4v) is 4.35. The quantitative estimate of drug-likeness (QED) is 0.483. The van der Waals surface area contributed by atoms with E-state index in [4.69, 9.17) is 0 Å². The molecule has 0 aliphatic carbocycles. The third-order valence-electron chi connectivity index (χ3n) is 4.70. The summed E-state index contributed by atoms with van der Waals surface area (Å²) in [5, 5.41) is 14.8. The molecule has 0 unspecified atom stereocenters. The largest absolute Gasteiger partial charge is 0.342 e. The number of thiazole rings is 1. The number of aryl methyl sites for hydroxylation is 2. The monoisotopic (exact) mass is 416 g/mol. The van der Waals surface area contributed by atoms with Crippen LogP contribution in [0.25, 0.3) is 21.3 Å². The van der Waals surface area contributed by atoms with Crippen LogP contribution < -0.4 is 5.56 Å². The van der Waals surface area contributed by atoms with Gasteiger partial charge in [0.15, 0.2) is 10.7 Å². The lowest BCUT2D eigenvalue weighted by molar-refractivity contribution is 0.0373. The summed E-state index contributed by atoms with van der Waals surface area (Å²) in [5.41, 5.74) is 0.619. The molecule has 5 rings (SSSR count). The zero-order chi connectivity index (χ0) is 20.3. The van der Waals surface area contributed by atoms with Crippen molar-refractivity contribution in [2.45, 2.75) is 12.5 Å². The van der Waals surface area contributed by atoms with Crippen LogP contribution in [0, 0.1) is 0 Å². The van der Waals surface area contributed by atoms with E-state index >= 15 is 0 Å². The number of aromatic nitrogens is 8. The van der Waals surface area contributed by atoms with Crippen LogP contribution in [0.5, 0.6) is 0 Å². The minimum atomic E-state index is -3.33. The molecule has 0 aliphatic heterocycles. The molecular weight excluding hydrogens is 402 g/mol. The van der Waals surface area contributed by atoms with Crippen LogP contribution in [0.1, 0.15) is 16.4 Å². The maximum absolute atomic E-state index is 14.9. The Bertz CT molecular complexity index is 1410. The van der Waals surface area contributed by atoms with Gasteiger partial charge in [-0.15, -0.1) is 11.3 Å². The van der Waals surface area contributed by atoms with Gasteiger partial charge in [0.2, 0.25) is 0 Å². The fourth-order valence-electron chi connectivity index (χ4n) is 3.26. The Labute approximate surface area is 165 Å². The van der Waals surface area contributed by atoms with Crippen LogP contribution in [-0.4, -0.2) is 39.3 Å². The first-order valence-corrected chi connectivity index (χ1v) is 9.40. The highest BCUT2D eigenvalue weighted by atomic mass is 32.1. The lowest BCUT2D eigenvalue weighted by Gasteiger charge is -2.10. The molecule has 0 saturated carbocycles. The molecule has 0 saturated heterocycles. The van der Waals surface area contributed by atoms with Crippen molar-refractivity contribution in [3.63, 3.8) is 0 Å². The fraction of sp³-hybridized carbons (Fsp3) is 0.235. The number of rotatable bonds is 4. The highest BCUT2D eigenvalue weighted by Gasteiger charge is 2.41. The van der Waals surface area contributed by atoms with Crippen molar-refractivity contribution >= 4 is 32.6 Å². The summed E-state index contributed by atoms with van der Waals surface area (Å²) in [6.07, 6.45) is 4.62. The maximum atomic E-state index is 14.9. The van der Waals surface area contributed by atoms with Crippen LogP contribution >= 0.6 is 11.3 Å². The Balaban J connectivity index is 1.65. The van der Waals surface area contributed by atoms with E-state index in [0.717, 1.165) is 11.3 Å². The predicted molar refractivity (Wildman–Crippen MR) is 102 cm³/mol. The topological polar surface area (TPSA) is 99.2 Å². The number of fused-ring (bicyclic) bond motifs is 3. The Morgan fingerprint density at radius 3 is 2.79 bits per heavy atom. The van der Waals surface area contributed by atoms with E-state index in [2.05, 4.69) is 25.4 Å². The molecule has 0 bridgehead atoms. The third-order valence-corrected chi connectivity index (χ3v) is 5.85. The van der Waals surface area contributed by atoms with Crippen molar-refractivity contribution in [2.24, 2.45) is 14.1 Å². The van der Waals surface area contributed by atoms with Gasteiger partial charge >= 0.3 is 5.92 Å². The van der Waals surface area contributed by atoms with Crippen LogP contribution in [0.15, 0.2) is 35.5 Å². The summed E-state index contributed by atoms with van der Waals surface area (Å²) in [6.45, 7) is 0.202. The smallest absolute Gasteiger partial charge is 0.323 e. The Morgan fingerprint density at radius 1 is 1.28 bits per heavy atom. The van der Waals surface area contributed by atoms with Crippen LogP contribution in [0.3, 0.4) is 0 Å². The first-order valence-electron chi connectivity index (χ1n) is 8.58. The zero-order valence-electron chi connectivity index (χ0n) is 15.3. The number of alkyl halides is 2. The molecule has 5 aromatic rings. The van der Waals surface area contributed by atoms with Gasteiger partial charge in [-0.25, -0.2) is 9.67 Å². The molecule has 0 amide bonds. The van der Waals surface area contributed by atoms with E-state index < -0.39 is 5.92 Å². The molecule has 5 aromatic heterocycles. The molecule has 12 heteroatoms. The SMILES string of the molecule is Cn1ccc(C(F)(F)c2nc3c(s2)c2cnn(Cc4cc[nH]n4)c(=O)c2n3C)n1. The molecule has 9 nitrogen and oxygen atoms in total. The number of halogens is 2. The van der Waals surface area contributed by atoms with E-state index in [1.54, 1.807) is 26.4 Å². The average Bonchev–Trinajstić information content (AvgIpc) is 3.45. The number of H-pyrrole nitrogens is 1. The summed E-state index contributed by atoms with van der Waals surface area (Å²) < 4.78 is 34.4. The lowest BCUT2D eigenvalue weighted by Crippen LogP contribution is -2.24. The summed E-state index contributed by atoms with van der Waals surface area (Å²) in [5.74, 6) is -3.33. The second-order valence-corrected chi connectivity index (χ2v) is 7.61. The van der Waals surface area contributed by atoms with Crippen molar-refractivity contribution in [3.05, 3.63) is 57.5 Å². The van der Waals surface area contributed by atoms with E-state index in [1.807, 2.05) is 0 Å². The van der Waals surface area contributed by atoms with Gasteiger partial charge in [0, 0.05) is 31.9 Å². The van der Waals surface area contributed by atoms with Gasteiger partial charge < -0.3 is 4.57 Å². The normalized spacial score (nSPS) is 12.4. The molecule has 0 aliphatic rings. The predicted octanol–water partition coefficient (Wildman–Crippen LogP) is 1.99. The first kappa shape index (κ1) is 17.7. The number of nitrogens with one attached hydrogen (secondary N) is 1. The number of aromatic amines is 1. The molecule has 148 valence electrons. The molecule has 29 heavy (non-hydrogen) atoms. The molecule has 0 radical (unpaired) electrons. The van der Waals surface area contributed by atoms with E-state index in [0.29, 0.717) is 26.9 Å². The van der Waals surface area contributed by atoms with Crippen molar-refractivity contribution in [3.8, 4) is 0 Å². The van der Waals surface area contributed by atoms with Gasteiger partial charge in [0.05, 0.1) is 23.1 Å². The van der Waals surface area contributed by atoms with Crippen LogP contribution in [-0.2, 0) is 26.6 Å². The maximum Gasteiger partial charge on any atom is 0.342 e. The van der Waals surface area contributed by atoms with Gasteiger partial charge in [-0.1, -0.05) is 0 Å². The van der Waals surface area contributed by atoms with Crippen molar-refractivity contribution < 1.29 is 8.78 Å². The highest BCUT2D eigenvalue weighted by molar-refractivity contribution is 7.19. The van der Waals surface area contributed by atoms with E-state index in [9.17, 15) is 13.6 Å².